The van der Waals surface area contributed by atoms with E-state index in [1.165, 1.54) is 0 Å². The Morgan fingerprint density at radius 1 is 1.32 bits per heavy atom. The standard InChI is InChI=1S/C14H20N4O/c1-2-9-18-14(16-11-17-18)10-13(19)7-6-12-5-3-4-8-15-12/h3-5,8,11,13,19H,2,6-7,9-10H2,1H3. The molecule has 0 aliphatic carbocycles. The summed E-state index contributed by atoms with van der Waals surface area (Å²) in [5, 5.41) is 14.2. The fourth-order valence-corrected chi connectivity index (χ4v) is 2.02. The van der Waals surface area contributed by atoms with Crippen LogP contribution in [0.4, 0.5) is 0 Å². The zero-order valence-corrected chi connectivity index (χ0v) is 11.2. The number of aryl methyl sites for hydroxylation is 2. The molecule has 0 aliphatic heterocycles. The molecule has 0 fully saturated rings. The number of aliphatic hydroxyl groups is 1. The van der Waals surface area contributed by atoms with E-state index in [1.807, 2.05) is 22.9 Å². The summed E-state index contributed by atoms with van der Waals surface area (Å²) in [5.74, 6) is 0.857. The first-order valence-corrected chi connectivity index (χ1v) is 6.74. The molecule has 0 aromatic carbocycles. The van der Waals surface area contributed by atoms with Crippen LogP contribution < -0.4 is 0 Å². The van der Waals surface area contributed by atoms with Crippen LogP contribution >= 0.6 is 0 Å². The number of pyridine rings is 1. The van der Waals surface area contributed by atoms with Gasteiger partial charge in [-0.25, -0.2) is 4.98 Å². The second-order valence-electron chi connectivity index (χ2n) is 4.62. The molecule has 1 unspecified atom stereocenters. The van der Waals surface area contributed by atoms with Crippen molar-refractivity contribution < 1.29 is 5.11 Å². The first-order chi connectivity index (χ1) is 9.29. The molecule has 0 saturated carbocycles. The van der Waals surface area contributed by atoms with E-state index in [9.17, 15) is 5.11 Å². The van der Waals surface area contributed by atoms with Crippen LogP contribution in [0.25, 0.3) is 0 Å². The predicted octanol–water partition coefficient (Wildman–Crippen LogP) is 1.62. The van der Waals surface area contributed by atoms with E-state index >= 15 is 0 Å². The van der Waals surface area contributed by atoms with Crippen molar-refractivity contribution in [2.24, 2.45) is 0 Å². The van der Waals surface area contributed by atoms with Crippen LogP contribution in [0.3, 0.4) is 0 Å². The lowest BCUT2D eigenvalue weighted by molar-refractivity contribution is 0.160. The van der Waals surface area contributed by atoms with Crippen LogP contribution in [0, 0.1) is 0 Å². The van der Waals surface area contributed by atoms with Gasteiger partial charge in [-0.3, -0.25) is 9.67 Å². The highest BCUT2D eigenvalue weighted by Gasteiger charge is 2.11. The molecule has 19 heavy (non-hydrogen) atoms. The van der Waals surface area contributed by atoms with Gasteiger partial charge in [0.15, 0.2) is 0 Å². The molecule has 2 heterocycles. The van der Waals surface area contributed by atoms with Crippen molar-refractivity contribution in [1.29, 1.82) is 0 Å². The molecule has 0 bridgehead atoms. The van der Waals surface area contributed by atoms with Gasteiger partial charge in [0.05, 0.1) is 6.10 Å². The highest BCUT2D eigenvalue weighted by atomic mass is 16.3. The maximum atomic E-state index is 10.1. The lowest BCUT2D eigenvalue weighted by Crippen LogP contribution is -2.16. The van der Waals surface area contributed by atoms with Crippen LogP contribution in [0.2, 0.25) is 0 Å². The summed E-state index contributed by atoms with van der Waals surface area (Å²) in [4.78, 5) is 8.46. The van der Waals surface area contributed by atoms with E-state index in [0.29, 0.717) is 12.8 Å². The summed E-state index contributed by atoms with van der Waals surface area (Å²) in [6, 6.07) is 5.84. The SMILES string of the molecule is CCCn1ncnc1CC(O)CCc1ccccn1. The zero-order chi connectivity index (χ0) is 13.5. The largest absolute Gasteiger partial charge is 0.393 e. The fourth-order valence-electron chi connectivity index (χ4n) is 2.02. The molecule has 5 heteroatoms. The third kappa shape index (κ3) is 4.13. The van der Waals surface area contributed by atoms with Crippen molar-refractivity contribution in [1.82, 2.24) is 19.7 Å². The summed E-state index contributed by atoms with van der Waals surface area (Å²) >= 11 is 0. The summed E-state index contributed by atoms with van der Waals surface area (Å²) in [5.41, 5.74) is 1.01. The summed E-state index contributed by atoms with van der Waals surface area (Å²) in [7, 11) is 0. The third-order valence-electron chi connectivity index (χ3n) is 3.01. The van der Waals surface area contributed by atoms with E-state index in [1.54, 1.807) is 12.5 Å². The first kappa shape index (κ1) is 13.7. The minimum Gasteiger partial charge on any atom is -0.393 e. The van der Waals surface area contributed by atoms with Gasteiger partial charge in [-0.05, 0) is 31.4 Å². The second kappa shape index (κ2) is 6.99. The Kier molecular flexibility index (Phi) is 5.03. The Bertz CT molecular complexity index is 483. The number of hydrogen-bond donors (Lipinski definition) is 1. The van der Waals surface area contributed by atoms with Crippen molar-refractivity contribution in [3.8, 4) is 0 Å². The van der Waals surface area contributed by atoms with Gasteiger partial charge in [-0.1, -0.05) is 13.0 Å². The highest BCUT2D eigenvalue weighted by molar-refractivity contribution is 5.03. The molecule has 0 spiro atoms. The molecule has 102 valence electrons. The Hall–Kier alpha value is -1.75. The third-order valence-corrected chi connectivity index (χ3v) is 3.01. The van der Waals surface area contributed by atoms with Crippen molar-refractivity contribution >= 4 is 0 Å². The molecular formula is C14H20N4O. The van der Waals surface area contributed by atoms with Crippen molar-refractivity contribution in [2.45, 2.75) is 45.3 Å². The monoisotopic (exact) mass is 260 g/mol. The molecule has 5 nitrogen and oxygen atoms in total. The molecule has 1 atom stereocenters. The number of aromatic nitrogens is 4. The van der Waals surface area contributed by atoms with E-state index in [4.69, 9.17) is 0 Å². The topological polar surface area (TPSA) is 63.8 Å². The van der Waals surface area contributed by atoms with E-state index in [-0.39, 0.29) is 0 Å². The minimum atomic E-state index is -0.401. The number of rotatable bonds is 7. The first-order valence-electron chi connectivity index (χ1n) is 6.74. The highest BCUT2D eigenvalue weighted by Crippen LogP contribution is 2.07. The van der Waals surface area contributed by atoms with E-state index in [0.717, 1.165) is 30.9 Å². The Morgan fingerprint density at radius 3 is 2.95 bits per heavy atom. The fraction of sp³-hybridized carbons (Fsp3) is 0.500. The van der Waals surface area contributed by atoms with Crippen LogP contribution in [0.1, 0.15) is 31.3 Å². The van der Waals surface area contributed by atoms with Crippen LogP contribution in [0.5, 0.6) is 0 Å². The normalized spacial score (nSPS) is 12.5. The van der Waals surface area contributed by atoms with E-state index < -0.39 is 6.10 Å². The van der Waals surface area contributed by atoms with Crippen molar-refractivity contribution in [2.75, 3.05) is 0 Å². The average Bonchev–Trinajstić information content (AvgIpc) is 2.85. The quantitative estimate of drug-likeness (QED) is 0.821. The van der Waals surface area contributed by atoms with Gasteiger partial charge in [-0.2, -0.15) is 5.10 Å². The molecule has 2 aromatic heterocycles. The molecule has 0 saturated heterocycles. The van der Waals surface area contributed by atoms with Gasteiger partial charge in [0, 0.05) is 24.9 Å². The summed E-state index contributed by atoms with van der Waals surface area (Å²) in [6.45, 7) is 2.95. The Balaban J connectivity index is 1.84. The average molecular weight is 260 g/mol. The lowest BCUT2D eigenvalue weighted by Gasteiger charge is -2.10. The minimum absolute atomic E-state index is 0.401. The summed E-state index contributed by atoms with van der Waals surface area (Å²) in [6.07, 6.45) is 5.96. The molecule has 1 N–H and O–H groups in total. The van der Waals surface area contributed by atoms with Crippen LogP contribution in [-0.2, 0) is 19.4 Å². The maximum Gasteiger partial charge on any atom is 0.138 e. The molecule has 0 radical (unpaired) electrons. The van der Waals surface area contributed by atoms with Gasteiger partial charge in [0.1, 0.15) is 12.2 Å². The van der Waals surface area contributed by atoms with E-state index in [2.05, 4.69) is 22.0 Å². The molecule has 0 aliphatic rings. The summed E-state index contributed by atoms with van der Waals surface area (Å²) < 4.78 is 1.87. The maximum absolute atomic E-state index is 10.1. The van der Waals surface area contributed by atoms with Gasteiger partial charge in [0.25, 0.3) is 0 Å². The van der Waals surface area contributed by atoms with Gasteiger partial charge >= 0.3 is 0 Å². The van der Waals surface area contributed by atoms with Gasteiger partial charge in [-0.15, -0.1) is 0 Å². The molecule has 2 aromatic rings. The molecule has 2 rings (SSSR count). The van der Waals surface area contributed by atoms with Gasteiger partial charge in [0.2, 0.25) is 0 Å². The van der Waals surface area contributed by atoms with Crippen LogP contribution in [-0.4, -0.2) is 31.0 Å². The number of aliphatic hydroxyl groups excluding tert-OH is 1. The molecular weight excluding hydrogens is 240 g/mol. The van der Waals surface area contributed by atoms with Crippen molar-refractivity contribution in [3.63, 3.8) is 0 Å². The number of hydrogen-bond acceptors (Lipinski definition) is 4. The zero-order valence-electron chi connectivity index (χ0n) is 11.2. The second-order valence-corrected chi connectivity index (χ2v) is 4.62. The predicted molar refractivity (Wildman–Crippen MR) is 72.6 cm³/mol. The Morgan fingerprint density at radius 2 is 2.21 bits per heavy atom. The Labute approximate surface area is 113 Å². The van der Waals surface area contributed by atoms with Gasteiger partial charge < -0.3 is 5.11 Å². The molecule has 0 amide bonds. The van der Waals surface area contributed by atoms with Crippen molar-refractivity contribution in [3.05, 3.63) is 42.2 Å². The number of nitrogens with zero attached hydrogens (tertiary/aromatic N) is 4. The lowest BCUT2D eigenvalue weighted by atomic mass is 10.1. The smallest absolute Gasteiger partial charge is 0.138 e. The van der Waals surface area contributed by atoms with Crippen LogP contribution in [0.15, 0.2) is 30.7 Å².